The molecule has 0 saturated heterocycles. The van der Waals surface area contributed by atoms with Gasteiger partial charge in [-0.25, -0.2) is 0 Å². The van der Waals surface area contributed by atoms with Crippen molar-refractivity contribution in [2.75, 3.05) is 0 Å². The zero-order valence-electron chi connectivity index (χ0n) is 28.2. The number of aryl methyl sites for hydroxylation is 2. The second kappa shape index (κ2) is 19.8. The summed E-state index contributed by atoms with van der Waals surface area (Å²) in [5.41, 5.74) is 2.97. The number of halogens is 8. The molecule has 0 fully saturated rings. The molecule has 0 atom stereocenters. The van der Waals surface area contributed by atoms with Crippen LogP contribution in [0.4, 0.5) is 26.3 Å². The van der Waals surface area contributed by atoms with Gasteiger partial charge < -0.3 is 0 Å². The van der Waals surface area contributed by atoms with Crippen LogP contribution in [0.1, 0.15) is 48.9 Å². The number of hydrogen-bond donors (Lipinski definition) is 0. The first kappa shape index (κ1) is 41.8. The Bertz CT molecular complexity index is 1780. The van der Waals surface area contributed by atoms with Crippen LogP contribution in [0.3, 0.4) is 0 Å². The first-order valence-electron chi connectivity index (χ1n) is 16.1. The molecule has 6 aromatic carbocycles. The molecule has 2 radical (unpaired) electrons. The fourth-order valence-corrected chi connectivity index (χ4v) is 5.86. The van der Waals surface area contributed by atoms with Gasteiger partial charge in [0.1, 0.15) is 0 Å². The van der Waals surface area contributed by atoms with Crippen molar-refractivity contribution >= 4 is 48.1 Å². The van der Waals surface area contributed by atoms with Gasteiger partial charge in [0.05, 0.1) is 11.1 Å². The minimum atomic E-state index is -4.35. The Morgan fingerprint density at radius 3 is 1.20 bits per heavy atom. The van der Waals surface area contributed by atoms with Crippen LogP contribution in [0.2, 0.25) is 13.1 Å². The van der Waals surface area contributed by atoms with E-state index in [9.17, 15) is 26.3 Å². The van der Waals surface area contributed by atoms with Gasteiger partial charge in [-0.3, -0.25) is 0 Å². The van der Waals surface area contributed by atoms with Crippen LogP contribution in [-0.2, 0) is 46.0 Å². The molecule has 0 nitrogen and oxygen atoms in total. The molecule has 6 rings (SSSR count). The molecule has 0 aromatic heterocycles. The molecule has 0 aliphatic heterocycles. The van der Waals surface area contributed by atoms with Crippen molar-refractivity contribution < 1.29 is 47.2 Å². The normalized spacial score (nSPS) is 11.1. The molecule has 0 N–H and O–H groups in total. The molecule has 0 aliphatic rings. The molecule has 50 heavy (non-hydrogen) atoms. The van der Waals surface area contributed by atoms with Crippen molar-refractivity contribution in [2.45, 2.75) is 65.0 Å². The zero-order chi connectivity index (χ0) is 36.9. The van der Waals surface area contributed by atoms with Crippen LogP contribution in [0.5, 0.6) is 0 Å². The molecule has 6 aromatic rings. The maximum atomic E-state index is 13.3. The van der Waals surface area contributed by atoms with Crippen molar-refractivity contribution in [1.82, 2.24) is 0 Å². The van der Waals surface area contributed by atoms with E-state index in [1.807, 2.05) is 36.4 Å². The SMILES string of the molecule is CCCc1cc2c(-c3ccccc3C(F)(F)F)cccc2[cH-]1.CCCc1cc2c(-c3ccccc3C(F)(F)F)cccc2[cH-]1.C[Si]C.[Cl][Zr+2][Cl]. The van der Waals surface area contributed by atoms with Gasteiger partial charge in [0.2, 0.25) is 0 Å². The van der Waals surface area contributed by atoms with E-state index in [1.165, 1.54) is 23.3 Å². The van der Waals surface area contributed by atoms with Crippen LogP contribution < -0.4 is 0 Å². The Labute approximate surface area is 312 Å². The van der Waals surface area contributed by atoms with Crippen molar-refractivity contribution in [3.8, 4) is 22.3 Å². The van der Waals surface area contributed by atoms with E-state index in [4.69, 9.17) is 17.0 Å². The summed E-state index contributed by atoms with van der Waals surface area (Å²) in [5.74, 6) is 0. The van der Waals surface area contributed by atoms with Gasteiger partial charge in [-0.1, -0.05) is 99.4 Å². The Morgan fingerprint density at radius 1 is 0.560 bits per heavy atom. The Hall–Kier alpha value is -2.64. The van der Waals surface area contributed by atoms with Crippen LogP contribution in [0.15, 0.2) is 109 Å². The van der Waals surface area contributed by atoms with Crippen molar-refractivity contribution in [3.63, 3.8) is 0 Å². The van der Waals surface area contributed by atoms with E-state index >= 15 is 0 Å². The molecule has 0 bridgehead atoms. The second-order valence-corrected chi connectivity index (χ2v) is 16.2. The van der Waals surface area contributed by atoms with Crippen LogP contribution in [0.25, 0.3) is 43.8 Å². The molecule has 0 spiro atoms. The first-order chi connectivity index (χ1) is 23.8. The average molecular weight is 823 g/mol. The van der Waals surface area contributed by atoms with Crippen LogP contribution in [-0.4, -0.2) is 9.52 Å². The topological polar surface area (TPSA) is 0 Å². The summed E-state index contributed by atoms with van der Waals surface area (Å²) in [6, 6.07) is 30.8. The van der Waals surface area contributed by atoms with E-state index in [0.29, 0.717) is 11.1 Å². The monoisotopic (exact) mass is 820 g/mol. The van der Waals surface area contributed by atoms with Gasteiger partial charge >= 0.3 is 50.2 Å². The standard InChI is InChI=1S/2C19H16F3.C2H6Si.2ClH.Zr/c2*1-2-6-13-11-14-7-5-9-15(17(14)12-13)16-8-3-4-10-18(16)19(20,21)22;1-3-2;;;/h2*3-5,7-12H,2,6H2,1H3;1-2H3;2*1H;/q2*-1;;;;+4/p-2. The molecule has 0 heterocycles. The molecule has 10 heteroatoms. The predicted molar refractivity (Wildman–Crippen MR) is 197 cm³/mol. The van der Waals surface area contributed by atoms with E-state index in [2.05, 4.69) is 39.1 Å². The fourth-order valence-electron chi connectivity index (χ4n) is 5.86. The van der Waals surface area contributed by atoms with E-state index in [-0.39, 0.29) is 11.1 Å². The van der Waals surface area contributed by atoms with E-state index in [1.54, 1.807) is 36.4 Å². The van der Waals surface area contributed by atoms with Gasteiger partial charge in [0, 0.05) is 9.52 Å². The van der Waals surface area contributed by atoms with Gasteiger partial charge in [-0.05, 0) is 36.1 Å². The number of rotatable bonds is 6. The van der Waals surface area contributed by atoms with Gasteiger partial charge in [0.25, 0.3) is 0 Å². The van der Waals surface area contributed by atoms with Crippen molar-refractivity contribution in [3.05, 3.63) is 131 Å². The zero-order valence-corrected chi connectivity index (χ0v) is 33.2. The van der Waals surface area contributed by atoms with Gasteiger partial charge in [-0.15, -0.1) is 69.1 Å². The third kappa shape index (κ3) is 11.2. The number of benzene rings is 4. The summed E-state index contributed by atoms with van der Waals surface area (Å²) < 4.78 is 79.6. The maximum absolute atomic E-state index is 13.3. The predicted octanol–water partition coefficient (Wildman–Crippen LogP) is 14.6. The van der Waals surface area contributed by atoms with Crippen molar-refractivity contribution in [1.29, 1.82) is 0 Å². The van der Waals surface area contributed by atoms with Crippen molar-refractivity contribution in [2.24, 2.45) is 0 Å². The quantitative estimate of drug-likeness (QED) is 0.0892. The molecule has 262 valence electrons. The summed E-state index contributed by atoms with van der Waals surface area (Å²) in [6.07, 6.45) is -4.78. The van der Waals surface area contributed by atoms with E-state index in [0.717, 1.165) is 68.9 Å². The van der Waals surface area contributed by atoms with Crippen LogP contribution in [0, 0.1) is 0 Å². The fraction of sp³-hybridized carbons (Fsp3) is 0.250. The summed E-state index contributed by atoms with van der Waals surface area (Å²) >= 11 is -0.826. The Balaban J connectivity index is 0.000000234. The molecular formula is C40H38Cl2F6SiZr. The Morgan fingerprint density at radius 2 is 0.880 bits per heavy atom. The molecule has 0 unspecified atom stereocenters. The van der Waals surface area contributed by atoms with Gasteiger partial charge in [0.15, 0.2) is 0 Å². The summed E-state index contributed by atoms with van der Waals surface area (Å²) in [4.78, 5) is 0. The Kier molecular flexibility index (Phi) is 16.6. The summed E-state index contributed by atoms with van der Waals surface area (Å²) in [7, 11) is 11.0. The molecule has 0 amide bonds. The summed E-state index contributed by atoms with van der Waals surface area (Å²) in [5, 5.41) is 3.78. The molecule has 0 saturated carbocycles. The number of fused-ring (bicyclic) bond motifs is 2. The third-order valence-electron chi connectivity index (χ3n) is 7.74. The first-order valence-corrected chi connectivity index (χ1v) is 24.4. The number of hydrogen-bond acceptors (Lipinski definition) is 0. The molecular weight excluding hydrogens is 785 g/mol. The third-order valence-corrected chi connectivity index (χ3v) is 7.74. The average Bonchev–Trinajstić information content (AvgIpc) is 3.69. The van der Waals surface area contributed by atoms with E-state index < -0.39 is 44.3 Å². The van der Waals surface area contributed by atoms with Crippen LogP contribution >= 0.6 is 17.0 Å². The van der Waals surface area contributed by atoms with Gasteiger partial charge in [-0.2, -0.15) is 38.5 Å². The second-order valence-electron chi connectivity index (χ2n) is 11.5. The molecule has 0 aliphatic carbocycles. The number of alkyl halides is 6. The minimum absolute atomic E-state index is 0.245. The summed E-state index contributed by atoms with van der Waals surface area (Å²) in [6.45, 7) is 8.50.